The lowest BCUT2D eigenvalue weighted by atomic mass is 9.93. The summed E-state index contributed by atoms with van der Waals surface area (Å²) in [6.45, 7) is 0.582. The Labute approximate surface area is 146 Å². The van der Waals surface area contributed by atoms with Gasteiger partial charge in [0.15, 0.2) is 0 Å². The molecule has 0 radical (unpaired) electrons. The summed E-state index contributed by atoms with van der Waals surface area (Å²) in [4.78, 5) is 0. The topological polar surface area (TPSA) is 26.3 Å². The Balaban J connectivity index is 1.51. The van der Waals surface area contributed by atoms with E-state index < -0.39 is 10.8 Å². The van der Waals surface area contributed by atoms with Crippen LogP contribution in [0.15, 0.2) is 60.7 Å². The summed E-state index contributed by atoms with van der Waals surface area (Å²) in [5, 5.41) is 0.596. The molecule has 2 aliphatic rings. The highest BCUT2D eigenvalue weighted by atomic mass is 32.2. The van der Waals surface area contributed by atoms with Crippen molar-refractivity contribution in [2.75, 3.05) is 0 Å². The minimum atomic E-state index is -0.672. The molecule has 2 aromatic carbocycles. The summed E-state index contributed by atoms with van der Waals surface area (Å²) in [7, 11) is -0.672. The van der Waals surface area contributed by atoms with E-state index >= 15 is 0 Å². The fourth-order valence-corrected chi connectivity index (χ4v) is 5.57. The van der Waals surface area contributed by atoms with Crippen LogP contribution in [0.2, 0.25) is 0 Å². The average molecular weight is 338 g/mol. The quantitative estimate of drug-likeness (QED) is 0.806. The monoisotopic (exact) mass is 338 g/mol. The summed E-state index contributed by atoms with van der Waals surface area (Å²) in [6, 6.07) is 18.5. The van der Waals surface area contributed by atoms with E-state index in [0.717, 1.165) is 25.0 Å². The third-order valence-corrected chi connectivity index (χ3v) is 6.96. The van der Waals surface area contributed by atoms with Gasteiger partial charge in [-0.25, -0.2) is 0 Å². The summed E-state index contributed by atoms with van der Waals surface area (Å²) < 4.78 is 18.3. The van der Waals surface area contributed by atoms with Crippen molar-refractivity contribution in [2.24, 2.45) is 0 Å². The molecular weight excluding hydrogens is 316 g/mol. The van der Waals surface area contributed by atoms with Crippen LogP contribution in [0, 0.1) is 0 Å². The number of hydrogen-bond donors (Lipinski definition) is 0. The number of ether oxygens (including phenoxy) is 1. The van der Waals surface area contributed by atoms with Gasteiger partial charge in [-0.05, 0) is 48.1 Å². The summed E-state index contributed by atoms with van der Waals surface area (Å²) in [5.74, 6) is 0.897. The Morgan fingerprint density at radius 1 is 1.04 bits per heavy atom. The second-order valence-electron chi connectivity index (χ2n) is 6.62. The van der Waals surface area contributed by atoms with Crippen LogP contribution in [0.3, 0.4) is 0 Å². The van der Waals surface area contributed by atoms with Crippen molar-refractivity contribution in [3.63, 3.8) is 0 Å². The highest BCUT2D eigenvalue weighted by Gasteiger charge is 2.33. The zero-order valence-corrected chi connectivity index (χ0v) is 14.5. The van der Waals surface area contributed by atoms with Crippen LogP contribution >= 0.6 is 0 Å². The Morgan fingerprint density at radius 2 is 1.92 bits per heavy atom. The highest BCUT2D eigenvalue weighted by Crippen LogP contribution is 2.37. The number of allylic oxidation sites excluding steroid dienone is 1. The van der Waals surface area contributed by atoms with Crippen LogP contribution in [-0.4, -0.2) is 14.7 Å². The SMILES string of the molecule is O=S1C2C=C(c3cccc(OCc4ccccc4)c3)CC1CCC2. The summed E-state index contributed by atoms with van der Waals surface area (Å²) in [5.41, 5.74) is 3.73. The lowest BCUT2D eigenvalue weighted by Gasteiger charge is -2.32. The van der Waals surface area contributed by atoms with Crippen LogP contribution in [0.4, 0.5) is 0 Å². The molecular formula is C21H22O2S. The lowest BCUT2D eigenvalue weighted by Crippen LogP contribution is -2.33. The molecule has 1 fully saturated rings. The third-order valence-electron chi connectivity index (χ3n) is 4.93. The molecule has 0 spiro atoms. The van der Waals surface area contributed by atoms with Gasteiger partial charge in [0, 0.05) is 16.0 Å². The molecule has 0 N–H and O–H groups in total. The van der Waals surface area contributed by atoms with Crippen LogP contribution in [0.25, 0.3) is 5.57 Å². The molecule has 2 aromatic rings. The first-order valence-corrected chi connectivity index (χ1v) is 9.94. The Bertz CT molecular complexity index is 766. The molecule has 2 heterocycles. The predicted molar refractivity (Wildman–Crippen MR) is 99.4 cm³/mol. The number of hydrogen-bond acceptors (Lipinski definition) is 2. The van der Waals surface area contributed by atoms with Gasteiger partial charge in [-0.1, -0.05) is 55.0 Å². The van der Waals surface area contributed by atoms with Crippen molar-refractivity contribution >= 4 is 16.4 Å². The molecule has 0 aliphatic carbocycles. The van der Waals surface area contributed by atoms with E-state index in [9.17, 15) is 4.21 Å². The van der Waals surface area contributed by atoms with Crippen molar-refractivity contribution in [1.82, 2.24) is 0 Å². The van der Waals surface area contributed by atoms with E-state index in [1.165, 1.54) is 23.1 Å². The molecule has 4 rings (SSSR count). The summed E-state index contributed by atoms with van der Waals surface area (Å²) in [6.07, 6.45) is 6.57. The Hall–Kier alpha value is -1.87. The van der Waals surface area contributed by atoms with Gasteiger partial charge in [0.2, 0.25) is 0 Å². The van der Waals surface area contributed by atoms with Gasteiger partial charge < -0.3 is 4.74 Å². The second-order valence-corrected chi connectivity index (χ2v) is 8.55. The number of benzene rings is 2. The maximum Gasteiger partial charge on any atom is 0.120 e. The zero-order chi connectivity index (χ0) is 16.4. The molecule has 1 saturated heterocycles. The van der Waals surface area contributed by atoms with Gasteiger partial charge in [-0.15, -0.1) is 0 Å². The maximum absolute atomic E-state index is 12.4. The van der Waals surface area contributed by atoms with Gasteiger partial charge in [0.05, 0.1) is 5.25 Å². The fourth-order valence-electron chi connectivity index (χ4n) is 3.64. The van der Waals surface area contributed by atoms with E-state index in [4.69, 9.17) is 4.74 Å². The minimum absolute atomic E-state index is 0.251. The van der Waals surface area contributed by atoms with Crippen LogP contribution in [0.1, 0.15) is 36.8 Å². The van der Waals surface area contributed by atoms with Gasteiger partial charge in [-0.3, -0.25) is 4.21 Å². The number of fused-ring (bicyclic) bond motifs is 2. The van der Waals surface area contributed by atoms with Crippen LogP contribution in [-0.2, 0) is 17.4 Å². The standard InChI is InChI=1S/C21H22O2S/c22-24-20-10-5-11-21(24)14-18(13-20)17-8-4-9-19(12-17)23-15-16-6-2-1-3-7-16/h1-4,6-9,12-13,20-21H,5,10-11,14-15H2. The maximum atomic E-state index is 12.4. The van der Waals surface area contributed by atoms with Gasteiger partial charge >= 0.3 is 0 Å². The van der Waals surface area contributed by atoms with Gasteiger partial charge in [0.25, 0.3) is 0 Å². The second kappa shape index (κ2) is 6.94. The highest BCUT2D eigenvalue weighted by molar-refractivity contribution is 7.86. The average Bonchev–Trinajstić information content (AvgIpc) is 2.61. The molecule has 3 heteroatoms. The predicted octanol–water partition coefficient (Wildman–Crippen LogP) is 4.72. The zero-order valence-electron chi connectivity index (χ0n) is 13.7. The number of rotatable bonds is 4. The first-order chi connectivity index (χ1) is 11.8. The van der Waals surface area contributed by atoms with Crippen molar-refractivity contribution in [3.05, 3.63) is 71.8 Å². The van der Waals surface area contributed by atoms with Crippen molar-refractivity contribution in [3.8, 4) is 5.75 Å². The minimum Gasteiger partial charge on any atom is -0.489 e. The molecule has 0 amide bonds. The molecule has 124 valence electrons. The van der Waals surface area contributed by atoms with Crippen LogP contribution < -0.4 is 4.74 Å². The van der Waals surface area contributed by atoms with E-state index in [-0.39, 0.29) is 5.25 Å². The fraction of sp³-hybridized carbons (Fsp3) is 0.333. The van der Waals surface area contributed by atoms with E-state index in [1.807, 2.05) is 24.3 Å². The van der Waals surface area contributed by atoms with Crippen molar-refractivity contribution in [2.45, 2.75) is 42.8 Å². The third kappa shape index (κ3) is 3.32. The Morgan fingerprint density at radius 3 is 2.75 bits per heavy atom. The molecule has 24 heavy (non-hydrogen) atoms. The largest absolute Gasteiger partial charge is 0.489 e. The lowest BCUT2D eigenvalue weighted by molar-refractivity contribution is 0.306. The van der Waals surface area contributed by atoms with Crippen molar-refractivity contribution in [1.29, 1.82) is 0 Å². The summed E-state index contributed by atoms with van der Waals surface area (Å²) >= 11 is 0. The van der Waals surface area contributed by atoms with Crippen molar-refractivity contribution < 1.29 is 8.95 Å². The molecule has 0 saturated carbocycles. The van der Waals surface area contributed by atoms with E-state index in [0.29, 0.717) is 11.9 Å². The van der Waals surface area contributed by atoms with Gasteiger partial charge in [0.1, 0.15) is 12.4 Å². The molecule has 3 atom stereocenters. The molecule has 2 nitrogen and oxygen atoms in total. The first kappa shape index (κ1) is 15.6. The first-order valence-electron chi connectivity index (χ1n) is 8.67. The molecule has 3 unspecified atom stereocenters. The van der Waals surface area contributed by atoms with Crippen LogP contribution in [0.5, 0.6) is 5.75 Å². The molecule has 2 aliphatic heterocycles. The molecule has 2 bridgehead atoms. The van der Waals surface area contributed by atoms with Gasteiger partial charge in [-0.2, -0.15) is 0 Å². The molecule has 0 aromatic heterocycles. The Kier molecular flexibility index (Phi) is 4.52. The van der Waals surface area contributed by atoms with E-state index in [2.05, 4.69) is 36.4 Å². The smallest absolute Gasteiger partial charge is 0.120 e. The normalized spacial score (nSPS) is 25.8. The van der Waals surface area contributed by atoms with E-state index in [1.54, 1.807) is 0 Å².